The highest BCUT2D eigenvalue weighted by atomic mass is 16.2. The van der Waals surface area contributed by atoms with E-state index < -0.39 is 0 Å². The predicted octanol–water partition coefficient (Wildman–Crippen LogP) is 1.53. The first-order valence-corrected chi connectivity index (χ1v) is 5.45. The molecule has 1 amide bonds. The minimum absolute atomic E-state index is 0.0938. The first kappa shape index (κ1) is 13.5. The summed E-state index contributed by atoms with van der Waals surface area (Å²) in [5.41, 5.74) is 2.11. The Bertz CT molecular complexity index is 509. The Morgan fingerprint density at radius 1 is 1.33 bits per heavy atom. The number of carbonyl (C=O) groups is 1. The van der Waals surface area contributed by atoms with Gasteiger partial charge in [0.2, 0.25) is 0 Å². The van der Waals surface area contributed by atoms with Gasteiger partial charge in [-0.1, -0.05) is 11.6 Å². The fourth-order valence-corrected chi connectivity index (χ4v) is 1.59. The Labute approximate surface area is 106 Å². The maximum Gasteiger partial charge on any atom is 0.257 e. The number of nitrogens with zero attached hydrogens (tertiary/aromatic N) is 3. The van der Waals surface area contributed by atoms with E-state index in [9.17, 15) is 4.79 Å². The van der Waals surface area contributed by atoms with E-state index in [1.165, 1.54) is 4.90 Å². The lowest BCUT2D eigenvalue weighted by Gasteiger charge is -2.18. The van der Waals surface area contributed by atoms with Crippen LogP contribution in [-0.4, -0.2) is 30.9 Å². The topological polar surface area (TPSA) is 79.9 Å². The average Bonchev–Trinajstić information content (AvgIpc) is 2.37. The summed E-state index contributed by atoms with van der Waals surface area (Å²) in [6.07, 6.45) is 0. The van der Waals surface area contributed by atoms with Gasteiger partial charge in [0, 0.05) is 12.7 Å². The van der Waals surface area contributed by atoms with Crippen molar-refractivity contribution in [3.63, 3.8) is 0 Å². The number of nitrogens with one attached hydrogen (secondary N) is 1. The molecule has 0 radical (unpaired) electrons. The van der Waals surface area contributed by atoms with Crippen LogP contribution in [0, 0.1) is 29.6 Å². The van der Waals surface area contributed by atoms with Crippen LogP contribution in [0.3, 0.4) is 0 Å². The fourth-order valence-electron chi connectivity index (χ4n) is 1.59. The van der Waals surface area contributed by atoms with Gasteiger partial charge in [0.25, 0.3) is 5.91 Å². The summed E-state index contributed by atoms with van der Waals surface area (Å²) in [6, 6.07) is 9.22. The van der Waals surface area contributed by atoms with Crippen molar-refractivity contribution >= 4 is 11.6 Å². The van der Waals surface area contributed by atoms with E-state index in [1.54, 1.807) is 19.2 Å². The van der Waals surface area contributed by atoms with Crippen LogP contribution < -0.4 is 5.32 Å². The van der Waals surface area contributed by atoms with Gasteiger partial charge < -0.3 is 10.2 Å². The van der Waals surface area contributed by atoms with Gasteiger partial charge in [-0.3, -0.25) is 4.79 Å². The molecule has 0 atom stereocenters. The molecule has 5 nitrogen and oxygen atoms in total. The molecule has 0 fully saturated rings. The molecule has 0 aliphatic carbocycles. The van der Waals surface area contributed by atoms with Crippen molar-refractivity contribution in [1.29, 1.82) is 10.5 Å². The summed E-state index contributed by atoms with van der Waals surface area (Å²) in [5, 5.41) is 20.3. The number of hydrogen-bond donors (Lipinski definition) is 1. The summed E-state index contributed by atoms with van der Waals surface area (Å²) in [4.78, 5) is 13.5. The molecule has 92 valence electrons. The molecule has 1 N–H and O–H groups in total. The van der Waals surface area contributed by atoms with Gasteiger partial charge in [-0.2, -0.15) is 10.5 Å². The lowest BCUT2D eigenvalue weighted by Crippen LogP contribution is -2.32. The van der Waals surface area contributed by atoms with E-state index >= 15 is 0 Å². The van der Waals surface area contributed by atoms with Crippen LogP contribution in [0.1, 0.15) is 15.9 Å². The van der Waals surface area contributed by atoms with Crippen LogP contribution in [0.25, 0.3) is 0 Å². The maximum atomic E-state index is 12.2. The fraction of sp³-hybridized carbons (Fsp3) is 0.308. The molecule has 0 bridgehead atoms. The van der Waals surface area contributed by atoms with Gasteiger partial charge in [-0.25, -0.2) is 0 Å². The highest BCUT2D eigenvalue weighted by Gasteiger charge is 2.18. The standard InChI is InChI=1S/C13H14N4O/c1-10-3-4-12(16-2)11(9-10)13(18)17(7-5-14)8-6-15/h3-4,9,16H,7-8H2,1-2H3. The van der Waals surface area contributed by atoms with Gasteiger partial charge in [-0.05, 0) is 19.1 Å². The molecule has 0 saturated heterocycles. The van der Waals surface area contributed by atoms with Crippen LogP contribution in [0.5, 0.6) is 0 Å². The number of anilines is 1. The Balaban J connectivity index is 3.12. The molecule has 5 heteroatoms. The molecule has 0 saturated carbocycles. The molecule has 1 aromatic rings. The van der Waals surface area contributed by atoms with Crippen molar-refractivity contribution in [2.75, 3.05) is 25.5 Å². The molecule has 0 unspecified atom stereocenters. The summed E-state index contributed by atoms with van der Waals surface area (Å²) in [7, 11) is 1.72. The van der Waals surface area contributed by atoms with Crippen LogP contribution in [-0.2, 0) is 0 Å². The number of aryl methyl sites for hydroxylation is 1. The monoisotopic (exact) mass is 242 g/mol. The number of nitriles is 2. The third-order valence-corrected chi connectivity index (χ3v) is 2.49. The van der Waals surface area contributed by atoms with Crippen molar-refractivity contribution < 1.29 is 4.79 Å². The van der Waals surface area contributed by atoms with Crippen LogP contribution in [0.2, 0.25) is 0 Å². The summed E-state index contributed by atoms with van der Waals surface area (Å²) < 4.78 is 0. The molecular formula is C13H14N4O. The second kappa shape index (κ2) is 6.27. The largest absolute Gasteiger partial charge is 0.387 e. The van der Waals surface area contributed by atoms with Crippen LogP contribution in [0.15, 0.2) is 18.2 Å². The predicted molar refractivity (Wildman–Crippen MR) is 67.9 cm³/mol. The highest BCUT2D eigenvalue weighted by molar-refractivity contribution is 6.00. The molecule has 0 aliphatic heterocycles. The van der Waals surface area contributed by atoms with E-state index in [-0.39, 0.29) is 19.0 Å². The number of carbonyl (C=O) groups excluding carboxylic acids is 1. The lowest BCUT2D eigenvalue weighted by molar-refractivity contribution is 0.0795. The summed E-state index contributed by atoms with van der Waals surface area (Å²) >= 11 is 0. The number of amides is 1. The van der Waals surface area contributed by atoms with Gasteiger partial charge in [0.1, 0.15) is 13.1 Å². The molecule has 0 aromatic heterocycles. The maximum absolute atomic E-state index is 12.2. The Morgan fingerprint density at radius 2 is 1.94 bits per heavy atom. The SMILES string of the molecule is CNc1ccc(C)cc1C(=O)N(CC#N)CC#N. The van der Waals surface area contributed by atoms with Crippen LogP contribution in [0.4, 0.5) is 5.69 Å². The van der Waals surface area contributed by atoms with E-state index in [2.05, 4.69) is 5.32 Å². The minimum Gasteiger partial charge on any atom is -0.387 e. The average molecular weight is 242 g/mol. The van der Waals surface area contributed by atoms with Crippen molar-refractivity contribution in [3.8, 4) is 12.1 Å². The Kier molecular flexibility index (Phi) is 4.71. The van der Waals surface area contributed by atoms with Gasteiger partial charge in [0.05, 0.1) is 17.7 Å². The summed E-state index contributed by atoms with van der Waals surface area (Å²) in [6.45, 7) is 1.70. The van der Waals surface area contributed by atoms with Gasteiger partial charge >= 0.3 is 0 Å². The quantitative estimate of drug-likeness (QED) is 0.812. The van der Waals surface area contributed by atoms with E-state index in [1.807, 2.05) is 25.1 Å². The molecule has 1 aromatic carbocycles. The second-order valence-electron chi connectivity index (χ2n) is 3.78. The van der Waals surface area contributed by atoms with E-state index in [0.717, 1.165) is 5.56 Å². The lowest BCUT2D eigenvalue weighted by atomic mass is 10.1. The van der Waals surface area contributed by atoms with Crippen molar-refractivity contribution in [1.82, 2.24) is 4.90 Å². The molecule has 18 heavy (non-hydrogen) atoms. The van der Waals surface area contributed by atoms with Gasteiger partial charge in [0.15, 0.2) is 0 Å². The molecule has 0 heterocycles. The van der Waals surface area contributed by atoms with Gasteiger partial charge in [-0.15, -0.1) is 0 Å². The summed E-state index contributed by atoms with van der Waals surface area (Å²) in [5.74, 6) is -0.314. The van der Waals surface area contributed by atoms with Crippen molar-refractivity contribution in [2.24, 2.45) is 0 Å². The van der Waals surface area contributed by atoms with E-state index in [4.69, 9.17) is 10.5 Å². The third kappa shape index (κ3) is 2.99. The smallest absolute Gasteiger partial charge is 0.257 e. The molecular weight excluding hydrogens is 228 g/mol. The zero-order valence-corrected chi connectivity index (χ0v) is 10.4. The molecule has 0 spiro atoms. The van der Waals surface area contributed by atoms with E-state index in [0.29, 0.717) is 11.3 Å². The minimum atomic E-state index is -0.314. The van der Waals surface area contributed by atoms with Crippen molar-refractivity contribution in [2.45, 2.75) is 6.92 Å². The highest BCUT2D eigenvalue weighted by Crippen LogP contribution is 2.18. The van der Waals surface area contributed by atoms with Crippen LogP contribution >= 0.6 is 0 Å². The zero-order chi connectivity index (χ0) is 13.5. The number of benzene rings is 1. The molecule has 1 rings (SSSR count). The molecule has 0 aliphatic rings. The zero-order valence-electron chi connectivity index (χ0n) is 10.4. The van der Waals surface area contributed by atoms with Crippen molar-refractivity contribution in [3.05, 3.63) is 29.3 Å². The first-order valence-electron chi connectivity index (χ1n) is 5.45. The number of hydrogen-bond acceptors (Lipinski definition) is 4. The Morgan fingerprint density at radius 3 is 2.44 bits per heavy atom. The normalized spacial score (nSPS) is 9.11. The third-order valence-electron chi connectivity index (χ3n) is 2.49. The first-order chi connectivity index (χ1) is 8.63. The second-order valence-corrected chi connectivity index (χ2v) is 3.78. The number of rotatable bonds is 4. The Hall–Kier alpha value is -2.53.